The van der Waals surface area contributed by atoms with Crippen LogP contribution in [0.3, 0.4) is 0 Å². The molecule has 1 aliphatic rings. The van der Waals surface area contributed by atoms with Gasteiger partial charge < -0.3 is 10.6 Å². The minimum Gasteiger partial charge on any atom is -0.392 e. The number of amides is 1. The molecule has 0 saturated carbocycles. The fourth-order valence-corrected chi connectivity index (χ4v) is 2.07. The molecule has 0 unspecified atom stereocenters. The highest BCUT2D eigenvalue weighted by atomic mass is 16.6. The van der Waals surface area contributed by atoms with Crippen LogP contribution in [0.2, 0.25) is 0 Å². The molecular formula is C12H22N4O2. The summed E-state index contributed by atoms with van der Waals surface area (Å²) in [5.74, 6) is -0.323. The lowest BCUT2D eigenvalue weighted by Crippen LogP contribution is -2.50. The normalized spacial score (nSPS) is 22.6. The zero-order chi connectivity index (χ0) is 13.5. The van der Waals surface area contributed by atoms with Crippen LogP contribution >= 0.6 is 0 Å². The van der Waals surface area contributed by atoms with Gasteiger partial charge in [-0.25, -0.2) is 10.0 Å². The molecule has 102 valence electrons. The van der Waals surface area contributed by atoms with Crippen LogP contribution < -0.4 is 5.73 Å². The second-order valence-corrected chi connectivity index (χ2v) is 4.10. The van der Waals surface area contributed by atoms with Crippen molar-refractivity contribution in [1.82, 2.24) is 10.0 Å². The first-order valence-corrected chi connectivity index (χ1v) is 6.23. The molecular weight excluding hydrogens is 232 g/mol. The third-order valence-electron chi connectivity index (χ3n) is 2.94. The summed E-state index contributed by atoms with van der Waals surface area (Å²) in [5.41, 5.74) is 6.27. The maximum atomic E-state index is 11.5. The summed E-state index contributed by atoms with van der Waals surface area (Å²) in [6.45, 7) is 10.3. The summed E-state index contributed by atoms with van der Waals surface area (Å²) in [5, 5.41) is 8.08. The number of carbonyl (C=O) groups excluding carboxylic acids is 1. The van der Waals surface area contributed by atoms with E-state index in [0.29, 0.717) is 19.6 Å². The topological polar surface area (TPSA) is 71.2 Å². The third kappa shape index (κ3) is 3.54. The van der Waals surface area contributed by atoms with Gasteiger partial charge in [0.05, 0.1) is 12.3 Å². The molecule has 0 aliphatic carbocycles. The van der Waals surface area contributed by atoms with Gasteiger partial charge in [-0.05, 0) is 0 Å². The molecule has 1 aliphatic heterocycles. The van der Waals surface area contributed by atoms with Gasteiger partial charge in [-0.2, -0.15) is 0 Å². The second-order valence-electron chi connectivity index (χ2n) is 4.10. The van der Waals surface area contributed by atoms with E-state index in [2.05, 4.69) is 16.7 Å². The van der Waals surface area contributed by atoms with Crippen molar-refractivity contribution in [2.24, 2.45) is 10.9 Å². The molecule has 6 nitrogen and oxygen atoms in total. The number of primary amides is 1. The highest BCUT2D eigenvalue weighted by molar-refractivity contribution is 5.95. The first kappa shape index (κ1) is 14.7. The van der Waals surface area contributed by atoms with E-state index in [1.807, 2.05) is 18.9 Å². The minimum absolute atomic E-state index is 0.323. The van der Waals surface area contributed by atoms with Crippen LogP contribution in [0.5, 0.6) is 0 Å². The average molecular weight is 254 g/mol. The zero-order valence-corrected chi connectivity index (χ0v) is 11.1. The summed E-state index contributed by atoms with van der Waals surface area (Å²) >= 11 is 0. The molecule has 0 aromatic heterocycles. The average Bonchev–Trinajstić information content (AvgIpc) is 2.75. The van der Waals surface area contributed by atoms with Crippen LogP contribution in [-0.2, 0) is 9.63 Å². The van der Waals surface area contributed by atoms with Crippen molar-refractivity contribution in [2.45, 2.75) is 26.3 Å². The van der Waals surface area contributed by atoms with Crippen LogP contribution in [0.25, 0.3) is 0 Å². The maximum Gasteiger partial charge on any atom is 0.236 e. The Labute approximate surface area is 108 Å². The van der Waals surface area contributed by atoms with Gasteiger partial charge in [0.25, 0.3) is 0 Å². The Morgan fingerprint density at radius 2 is 2.33 bits per heavy atom. The molecule has 0 aromatic rings. The van der Waals surface area contributed by atoms with E-state index in [1.165, 1.54) is 0 Å². The lowest BCUT2D eigenvalue weighted by molar-refractivity contribution is -0.129. The van der Waals surface area contributed by atoms with Crippen molar-refractivity contribution in [2.75, 3.05) is 26.2 Å². The number of rotatable bonds is 7. The Bertz CT molecular complexity index is 326. The zero-order valence-electron chi connectivity index (χ0n) is 11.1. The van der Waals surface area contributed by atoms with Gasteiger partial charge in [-0.3, -0.25) is 4.79 Å². The van der Waals surface area contributed by atoms with E-state index in [9.17, 15) is 4.79 Å². The van der Waals surface area contributed by atoms with Gasteiger partial charge in [-0.15, -0.1) is 0 Å². The van der Waals surface area contributed by atoms with E-state index < -0.39 is 0 Å². The number of nitrogens with zero attached hydrogens (tertiary/aromatic N) is 3. The second kappa shape index (κ2) is 7.13. The molecule has 1 heterocycles. The smallest absolute Gasteiger partial charge is 0.236 e. The molecule has 0 radical (unpaired) electrons. The lowest BCUT2D eigenvalue weighted by atomic mass is 10.2. The predicted octanol–water partition coefficient (Wildman–Crippen LogP) is 0.361. The van der Waals surface area contributed by atoms with Crippen LogP contribution in [-0.4, -0.2) is 53.9 Å². The monoisotopic (exact) mass is 254 g/mol. The molecule has 6 heteroatoms. The van der Waals surface area contributed by atoms with Gasteiger partial charge in [0.2, 0.25) is 5.91 Å². The van der Waals surface area contributed by atoms with Gasteiger partial charge in [-0.1, -0.05) is 31.7 Å². The van der Waals surface area contributed by atoms with Crippen LogP contribution in [0, 0.1) is 0 Å². The van der Waals surface area contributed by atoms with Crippen LogP contribution in [0.4, 0.5) is 0 Å². The molecule has 0 bridgehead atoms. The van der Waals surface area contributed by atoms with E-state index in [0.717, 1.165) is 18.8 Å². The molecule has 1 fully saturated rings. The number of hydrazine groups is 1. The van der Waals surface area contributed by atoms with Crippen LogP contribution in [0.1, 0.15) is 20.3 Å². The van der Waals surface area contributed by atoms with Crippen molar-refractivity contribution in [3.8, 4) is 0 Å². The predicted molar refractivity (Wildman–Crippen MR) is 70.8 cm³/mol. The van der Waals surface area contributed by atoms with Gasteiger partial charge in [0, 0.05) is 19.5 Å². The molecule has 18 heavy (non-hydrogen) atoms. The van der Waals surface area contributed by atoms with Crippen molar-refractivity contribution in [1.29, 1.82) is 0 Å². The standard InChI is InChI=1S/C12H22N4O2/c1-4-7-18-14-10-8-11(12(13)17)16(9-10)15(5-2)6-3/h4,11H,1,5-9H2,2-3H3,(H2,13,17)/b14-10+/t11-/m0/s1. The number of carbonyl (C=O) groups is 1. The Balaban J connectivity index is 2.73. The summed E-state index contributed by atoms with van der Waals surface area (Å²) in [4.78, 5) is 16.5. The molecule has 0 aromatic carbocycles. The lowest BCUT2D eigenvalue weighted by Gasteiger charge is -2.32. The highest BCUT2D eigenvalue weighted by Gasteiger charge is 2.36. The van der Waals surface area contributed by atoms with E-state index in [-0.39, 0.29) is 11.9 Å². The number of hydrogen-bond donors (Lipinski definition) is 1. The maximum absolute atomic E-state index is 11.5. The summed E-state index contributed by atoms with van der Waals surface area (Å²) in [7, 11) is 0. The SMILES string of the molecule is C=CCO/N=C1\C[C@@H](C(N)=O)N(N(CC)CC)C1. The summed E-state index contributed by atoms with van der Waals surface area (Å²) < 4.78 is 0. The quantitative estimate of drug-likeness (QED) is 0.404. The first-order chi connectivity index (χ1) is 8.63. The number of hydrogen-bond acceptors (Lipinski definition) is 5. The van der Waals surface area contributed by atoms with E-state index in [1.54, 1.807) is 6.08 Å². The number of nitrogens with two attached hydrogens (primary N) is 1. The minimum atomic E-state index is -0.323. The Kier molecular flexibility index (Phi) is 5.80. The molecule has 2 N–H and O–H groups in total. The fraction of sp³-hybridized carbons (Fsp3) is 0.667. The largest absolute Gasteiger partial charge is 0.392 e. The third-order valence-corrected chi connectivity index (χ3v) is 2.94. The molecule has 0 spiro atoms. The summed E-state index contributed by atoms with van der Waals surface area (Å²) in [6.07, 6.45) is 2.16. The Hall–Kier alpha value is -1.40. The molecule has 1 amide bonds. The van der Waals surface area contributed by atoms with Gasteiger partial charge >= 0.3 is 0 Å². The van der Waals surface area contributed by atoms with Gasteiger partial charge in [0.15, 0.2) is 0 Å². The van der Waals surface area contributed by atoms with Crippen molar-refractivity contribution >= 4 is 11.6 Å². The fourth-order valence-electron chi connectivity index (χ4n) is 2.07. The van der Waals surface area contributed by atoms with Crippen molar-refractivity contribution in [3.63, 3.8) is 0 Å². The van der Waals surface area contributed by atoms with Crippen molar-refractivity contribution < 1.29 is 9.63 Å². The van der Waals surface area contributed by atoms with E-state index >= 15 is 0 Å². The van der Waals surface area contributed by atoms with Crippen molar-refractivity contribution in [3.05, 3.63) is 12.7 Å². The van der Waals surface area contributed by atoms with Gasteiger partial charge in [0.1, 0.15) is 12.6 Å². The Morgan fingerprint density at radius 3 is 2.83 bits per heavy atom. The Morgan fingerprint density at radius 1 is 1.67 bits per heavy atom. The molecule has 1 atom stereocenters. The molecule has 1 saturated heterocycles. The first-order valence-electron chi connectivity index (χ1n) is 6.23. The molecule has 1 rings (SSSR count). The van der Waals surface area contributed by atoms with E-state index in [4.69, 9.17) is 10.6 Å². The number of oxime groups is 1. The highest BCUT2D eigenvalue weighted by Crippen LogP contribution is 2.18. The summed E-state index contributed by atoms with van der Waals surface area (Å²) in [6, 6.07) is -0.323. The van der Waals surface area contributed by atoms with Crippen LogP contribution in [0.15, 0.2) is 17.8 Å².